The Kier molecular flexibility index (Phi) is 3.73. The molecular formula is C15H20BrN3O. The number of anilines is 1. The van der Waals surface area contributed by atoms with Gasteiger partial charge in [-0.2, -0.15) is 0 Å². The van der Waals surface area contributed by atoms with Crippen molar-refractivity contribution in [2.24, 2.45) is 0 Å². The second kappa shape index (κ2) is 5.37. The van der Waals surface area contributed by atoms with Crippen molar-refractivity contribution in [3.63, 3.8) is 0 Å². The van der Waals surface area contributed by atoms with Crippen molar-refractivity contribution in [1.29, 1.82) is 0 Å². The number of hydrogen-bond acceptors (Lipinski definition) is 3. The van der Waals surface area contributed by atoms with Crippen LogP contribution in [0, 0.1) is 6.92 Å². The number of nitrogens with zero attached hydrogens (tertiary/aromatic N) is 1. The molecule has 2 unspecified atom stereocenters. The zero-order chi connectivity index (χ0) is 14.3. The van der Waals surface area contributed by atoms with Crippen LogP contribution in [0.4, 0.5) is 5.69 Å². The van der Waals surface area contributed by atoms with E-state index in [4.69, 9.17) is 5.73 Å². The van der Waals surface area contributed by atoms with Crippen LogP contribution >= 0.6 is 15.9 Å². The van der Waals surface area contributed by atoms with E-state index < -0.39 is 0 Å². The Bertz CT molecular complexity index is 546. The van der Waals surface area contributed by atoms with E-state index in [0.717, 1.165) is 23.0 Å². The van der Waals surface area contributed by atoms with E-state index in [-0.39, 0.29) is 11.9 Å². The van der Waals surface area contributed by atoms with E-state index in [1.165, 1.54) is 19.4 Å². The number of halogens is 1. The average molecular weight is 338 g/mol. The van der Waals surface area contributed by atoms with E-state index in [0.29, 0.717) is 17.3 Å². The van der Waals surface area contributed by atoms with E-state index in [1.54, 1.807) is 0 Å². The molecule has 0 bridgehead atoms. The summed E-state index contributed by atoms with van der Waals surface area (Å²) < 4.78 is 0.847. The summed E-state index contributed by atoms with van der Waals surface area (Å²) in [5.74, 6) is -0.00532. The highest BCUT2D eigenvalue weighted by molar-refractivity contribution is 9.10. The number of nitrogens with one attached hydrogen (secondary N) is 1. The van der Waals surface area contributed by atoms with Crippen LogP contribution in [0.2, 0.25) is 0 Å². The predicted molar refractivity (Wildman–Crippen MR) is 83.8 cm³/mol. The lowest BCUT2D eigenvalue weighted by Gasteiger charge is -2.22. The molecule has 2 aliphatic heterocycles. The van der Waals surface area contributed by atoms with Crippen LogP contribution in [-0.4, -0.2) is 36.0 Å². The van der Waals surface area contributed by atoms with Crippen LogP contribution in [-0.2, 0) is 0 Å². The average Bonchev–Trinajstić information content (AvgIpc) is 2.98. The second-order valence-corrected chi connectivity index (χ2v) is 6.70. The van der Waals surface area contributed by atoms with Gasteiger partial charge in [0.05, 0.1) is 0 Å². The van der Waals surface area contributed by atoms with Gasteiger partial charge in [-0.15, -0.1) is 0 Å². The standard InChI is InChI=1S/C15H20BrN3O/c1-9-11(7-10(16)8-12(9)17)15(20)18-13-4-6-19-5-2-3-14(13)19/h7-8,13-14H,2-6,17H2,1H3,(H,18,20). The summed E-state index contributed by atoms with van der Waals surface area (Å²) in [6.07, 6.45) is 3.50. The third-order valence-electron chi connectivity index (χ3n) is 4.58. The summed E-state index contributed by atoms with van der Waals surface area (Å²) >= 11 is 3.41. The van der Waals surface area contributed by atoms with Crippen molar-refractivity contribution in [2.75, 3.05) is 18.8 Å². The fourth-order valence-electron chi connectivity index (χ4n) is 3.43. The predicted octanol–water partition coefficient (Wildman–Crippen LogP) is 2.31. The molecule has 1 aromatic rings. The molecule has 4 nitrogen and oxygen atoms in total. The van der Waals surface area contributed by atoms with Crippen LogP contribution < -0.4 is 11.1 Å². The van der Waals surface area contributed by atoms with Crippen LogP contribution in [0.15, 0.2) is 16.6 Å². The van der Waals surface area contributed by atoms with E-state index in [1.807, 2.05) is 19.1 Å². The highest BCUT2D eigenvalue weighted by atomic mass is 79.9. The van der Waals surface area contributed by atoms with Crippen molar-refractivity contribution >= 4 is 27.5 Å². The molecule has 0 radical (unpaired) electrons. The molecule has 0 aliphatic carbocycles. The number of carbonyl (C=O) groups excluding carboxylic acids is 1. The molecule has 2 fully saturated rings. The van der Waals surface area contributed by atoms with Crippen molar-refractivity contribution in [3.8, 4) is 0 Å². The van der Waals surface area contributed by atoms with Gasteiger partial charge in [-0.05, 0) is 50.4 Å². The molecule has 3 rings (SSSR count). The summed E-state index contributed by atoms with van der Waals surface area (Å²) in [5, 5.41) is 3.20. The number of hydrogen-bond donors (Lipinski definition) is 2. The maximum atomic E-state index is 12.5. The van der Waals surface area contributed by atoms with Gasteiger partial charge < -0.3 is 11.1 Å². The minimum atomic E-state index is -0.00532. The maximum Gasteiger partial charge on any atom is 0.251 e. The van der Waals surface area contributed by atoms with Gasteiger partial charge in [0.25, 0.3) is 5.91 Å². The Morgan fingerprint density at radius 3 is 3.00 bits per heavy atom. The fourth-order valence-corrected chi connectivity index (χ4v) is 3.91. The fraction of sp³-hybridized carbons (Fsp3) is 0.533. The quantitative estimate of drug-likeness (QED) is 0.814. The van der Waals surface area contributed by atoms with Crippen molar-refractivity contribution < 1.29 is 4.79 Å². The molecule has 20 heavy (non-hydrogen) atoms. The molecule has 2 heterocycles. The minimum absolute atomic E-state index is 0.00532. The number of benzene rings is 1. The molecule has 2 saturated heterocycles. The lowest BCUT2D eigenvalue weighted by Crippen LogP contribution is -2.42. The summed E-state index contributed by atoms with van der Waals surface area (Å²) in [6.45, 7) is 4.18. The highest BCUT2D eigenvalue weighted by Gasteiger charge is 2.37. The Morgan fingerprint density at radius 2 is 2.20 bits per heavy atom. The molecule has 2 aliphatic rings. The Labute approximate surface area is 127 Å². The van der Waals surface area contributed by atoms with Gasteiger partial charge in [0.1, 0.15) is 0 Å². The van der Waals surface area contributed by atoms with Crippen molar-refractivity contribution in [2.45, 2.75) is 38.3 Å². The number of amides is 1. The molecule has 5 heteroatoms. The lowest BCUT2D eigenvalue weighted by atomic mass is 10.0. The van der Waals surface area contributed by atoms with E-state index in [9.17, 15) is 4.79 Å². The molecule has 0 saturated carbocycles. The normalized spacial score (nSPS) is 25.7. The Morgan fingerprint density at radius 1 is 1.40 bits per heavy atom. The van der Waals surface area contributed by atoms with Crippen molar-refractivity contribution in [3.05, 3.63) is 27.7 Å². The molecule has 3 N–H and O–H groups in total. The third-order valence-corrected chi connectivity index (χ3v) is 5.04. The Balaban J connectivity index is 1.77. The molecule has 1 aromatic carbocycles. The lowest BCUT2D eigenvalue weighted by molar-refractivity contribution is 0.0929. The molecule has 1 amide bonds. The zero-order valence-electron chi connectivity index (χ0n) is 11.7. The SMILES string of the molecule is Cc1c(N)cc(Br)cc1C(=O)NC1CCN2CCCC12. The van der Waals surface area contributed by atoms with E-state index >= 15 is 0 Å². The number of rotatable bonds is 2. The van der Waals surface area contributed by atoms with Gasteiger partial charge in [0.15, 0.2) is 0 Å². The molecule has 0 spiro atoms. The van der Waals surface area contributed by atoms with Gasteiger partial charge >= 0.3 is 0 Å². The maximum absolute atomic E-state index is 12.5. The largest absolute Gasteiger partial charge is 0.398 e. The topological polar surface area (TPSA) is 58.4 Å². The summed E-state index contributed by atoms with van der Waals surface area (Å²) in [5.41, 5.74) is 8.11. The van der Waals surface area contributed by atoms with Gasteiger partial charge in [0, 0.05) is 34.4 Å². The number of carbonyl (C=O) groups is 1. The first-order chi connectivity index (χ1) is 9.56. The first kappa shape index (κ1) is 13.9. The number of nitrogen functional groups attached to an aromatic ring is 1. The first-order valence-corrected chi connectivity index (χ1v) is 7.96. The smallest absolute Gasteiger partial charge is 0.251 e. The number of nitrogens with two attached hydrogens (primary N) is 1. The molecule has 108 valence electrons. The van der Waals surface area contributed by atoms with Crippen LogP contribution in [0.25, 0.3) is 0 Å². The van der Waals surface area contributed by atoms with Gasteiger partial charge in [-0.25, -0.2) is 0 Å². The van der Waals surface area contributed by atoms with Gasteiger partial charge in [-0.3, -0.25) is 9.69 Å². The van der Waals surface area contributed by atoms with Crippen LogP contribution in [0.1, 0.15) is 35.2 Å². The summed E-state index contributed by atoms with van der Waals surface area (Å²) in [7, 11) is 0. The van der Waals surface area contributed by atoms with Crippen LogP contribution in [0.5, 0.6) is 0 Å². The van der Waals surface area contributed by atoms with Gasteiger partial charge in [-0.1, -0.05) is 15.9 Å². The molecule has 0 aromatic heterocycles. The Hall–Kier alpha value is -1.07. The molecular weight excluding hydrogens is 318 g/mol. The van der Waals surface area contributed by atoms with Crippen LogP contribution in [0.3, 0.4) is 0 Å². The van der Waals surface area contributed by atoms with Gasteiger partial charge in [0.2, 0.25) is 0 Å². The summed E-state index contributed by atoms with van der Waals surface area (Å²) in [4.78, 5) is 15.0. The number of fused-ring (bicyclic) bond motifs is 1. The third kappa shape index (κ3) is 2.44. The van der Waals surface area contributed by atoms with Crippen molar-refractivity contribution in [1.82, 2.24) is 10.2 Å². The highest BCUT2D eigenvalue weighted by Crippen LogP contribution is 2.29. The monoisotopic (exact) mass is 337 g/mol. The first-order valence-electron chi connectivity index (χ1n) is 7.17. The zero-order valence-corrected chi connectivity index (χ0v) is 13.2. The minimum Gasteiger partial charge on any atom is -0.398 e. The molecule has 2 atom stereocenters. The van der Waals surface area contributed by atoms with E-state index in [2.05, 4.69) is 26.1 Å². The second-order valence-electron chi connectivity index (χ2n) is 5.78. The summed E-state index contributed by atoms with van der Waals surface area (Å²) in [6, 6.07) is 4.50.